The number of ether oxygens (including phenoxy) is 1. The number of carbonyl (C=O) groups is 1. The van der Waals surface area contributed by atoms with E-state index < -0.39 is 0 Å². The molecule has 0 unspecified atom stereocenters. The fraction of sp³-hybridized carbons (Fsp3) is 0.312. The highest BCUT2D eigenvalue weighted by Gasteiger charge is 2.23. The average molecular weight is 345 g/mol. The number of anilines is 2. The summed E-state index contributed by atoms with van der Waals surface area (Å²) in [6.45, 7) is 4.29. The standard InChI is InChI=1S/C16H19N5O2S/c1-4-24-16-19-15-17-10(2)11(9-21(15)20-16)14(22)18-12-7-5-6-8-13(12)23-3/h5-8H,4,9H2,1-3H3,(H,18,22)(H,17,19,20). The largest absolute Gasteiger partial charge is 0.495 e. The van der Waals surface area contributed by atoms with Gasteiger partial charge in [0.1, 0.15) is 5.75 Å². The number of nitrogens with zero attached hydrogens (tertiary/aromatic N) is 3. The van der Waals surface area contributed by atoms with Gasteiger partial charge >= 0.3 is 0 Å². The van der Waals surface area contributed by atoms with Gasteiger partial charge in [0, 0.05) is 5.70 Å². The number of nitrogens with one attached hydrogen (secondary N) is 2. The van der Waals surface area contributed by atoms with E-state index in [0.29, 0.717) is 34.7 Å². The summed E-state index contributed by atoms with van der Waals surface area (Å²) in [7, 11) is 1.58. The highest BCUT2D eigenvalue weighted by molar-refractivity contribution is 7.99. The predicted octanol–water partition coefficient (Wildman–Crippen LogP) is 2.74. The molecular weight excluding hydrogens is 326 g/mol. The molecule has 1 aromatic heterocycles. The van der Waals surface area contributed by atoms with E-state index in [9.17, 15) is 4.79 Å². The van der Waals surface area contributed by atoms with Gasteiger partial charge in [0.05, 0.1) is 24.9 Å². The Morgan fingerprint density at radius 3 is 3.00 bits per heavy atom. The first-order chi connectivity index (χ1) is 11.6. The zero-order chi connectivity index (χ0) is 17.1. The molecule has 2 heterocycles. The Morgan fingerprint density at radius 2 is 2.25 bits per heavy atom. The van der Waals surface area contributed by atoms with Crippen LogP contribution in [-0.2, 0) is 11.3 Å². The number of hydrogen-bond donors (Lipinski definition) is 2. The van der Waals surface area contributed by atoms with Crippen LogP contribution in [0.4, 0.5) is 11.6 Å². The molecule has 8 heteroatoms. The van der Waals surface area contributed by atoms with Crippen molar-refractivity contribution >= 4 is 29.3 Å². The summed E-state index contributed by atoms with van der Waals surface area (Å²) in [5.41, 5.74) is 2.03. The van der Waals surface area contributed by atoms with E-state index >= 15 is 0 Å². The molecular formula is C16H19N5O2S. The van der Waals surface area contributed by atoms with Crippen LogP contribution in [0.5, 0.6) is 5.75 Å². The Kier molecular flexibility index (Phi) is 4.75. The Hall–Kier alpha value is -2.48. The van der Waals surface area contributed by atoms with Crippen LogP contribution >= 0.6 is 11.8 Å². The minimum Gasteiger partial charge on any atom is -0.495 e. The SMILES string of the molecule is CCSc1nc2n(n1)CC(C(=O)Nc1ccccc1OC)=C(C)N2. The van der Waals surface area contributed by atoms with Crippen LogP contribution < -0.4 is 15.4 Å². The van der Waals surface area contributed by atoms with Gasteiger partial charge in [-0.25, -0.2) is 4.68 Å². The number of amides is 1. The Bertz CT molecular complexity index is 800. The first-order valence-electron chi connectivity index (χ1n) is 7.61. The first kappa shape index (κ1) is 16.4. The lowest BCUT2D eigenvalue weighted by Gasteiger charge is -2.20. The van der Waals surface area contributed by atoms with E-state index in [1.807, 2.05) is 26.0 Å². The van der Waals surface area contributed by atoms with Gasteiger partial charge < -0.3 is 15.4 Å². The van der Waals surface area contributed by atoms with Crippen LogP contribution in [0.25, 0.3) is 0 Å². The first-order valence-corrected chi connectivity index (χ1v) is 8.59. The highest BCUT2D eigenvalue weighted by atomic mass is 32.2. The van der Waals surface area contributed by atoms with Crippen molar-refractivity contribution in [2.24, 2.45) is 0 Å². The van der Waals surface area contributed by atoms with E-state index in [-0.39, 0.29) is 5.91 Å². The molecule has 2 N–H and O–H groups in total. The molecule has 0 atom stereocenters. The van der Waals surface area contributed by atoms with Crippen LogP contribution in [-0.4, -0.2) is 33.5 Å². The molecule has 7 nitrogen and oxygen atoms in total. The number of carbonyl (C=O) groups excluding carboxylic acids is 1. The number of fused-ring (bicyclic) bond motifs is 1. The molecule has 126 valence electrons. The number of para-hydroxylation sites is 2. The molecule has 0 aliphatic carbocycles. The zero-order valence-electron chi connectivity index (χ0n) is 13.8. The zero-order valence-corrected chi connectivity index (χ0v) is 14.6. The Labute approximate surface area is 144 Å². The van der Waals surface area contributed by atoms with Crippen molar-refractivity contribution in [1.82, 2.24) is 14.8 Å². The molecule has 3 rings (SSSR count). The highest BCUT2D eigenvalue weighted by Crippen LogP contribution is 2.26. The van der Waals surface area contributed by atoms with E-state index in [1.54, 1.807) is 35.7 Å². The predicted molar refractivity (Wildman–Crippen MR) is 94.4 cm³/mol. The summed E-state index contributed by atoms with van der Waals surface area (Å²) in [5, 5.41) is 11.2. The van der Waals surface area contributed by atoms with E-state index in [1.165, 1.54) is 0 Å². The molecule has 0 bridgehead atoms. The van der Waals surface area contributed by atoms with Crippen molar-refractivity contribution in [3.05, 3.63) is 35.5 Å². The van der Waals surface area contributed by atoms with Gasteiger partial charge in [0.15, 0.2) is 0 Å². The molecule has 24 heavy (non-hydrogen) atoms. The van der Waals surface area contributed by atoms with Gasteiger partial charge in [-0.15, -0.1) is 5.10 Å². The van der Waals surface area contributed by atoms with Crippen molar-refractivity contribution in [1.29, 1.82) is 0 Å². The minimum atomic E-state index is -0.185. The number of benzene rings is 1. The van der Waals surface area contributed by atoms with Gasteiger partial charge in [-0.1, -0.05) is 30.8 Å². The second kappa shape index (κ2) is 6.96. The van der Waals surface area contributed by atoms with E-state index in [4.69, 9.17) is 4.74 Å². The molecule has 2 aromatic rings. The van der Waals surface area contributed by atoms with E-state index in [0.717, 1.165) is 11.4 Å². The minimum absolute atomic E-state index is 0.185. The van der Waals surface area contributed by atoms with Crippen molar-refractivity contribution in [3.63, 3.8) is 0 Å². The van der Waals surface area contributed by atoms with Crippen molar-refractivity contribution in [2.75, 3.05) is 23.5 Å². The molecule has 1 aliphatic heterocycles. The summed E-state index contributed by atoms with van der Waals surface area (Å²) < 4.78 is 6.98. The molecule has 0 spiro atoms. The molecule has 0 fully saturated rings. The fourth-order valence-electron chi connectivity index (χ4n) is 2.41. The van der Waals surface area contributed by atoms with Crippen LogP contribution in [0, 0.1) is 0 Å². The summed E-state index contributed by atoms with van der Waals surface area (Å²) in [4.78, 5) is 17.1. The Morgan fingerprint density at radius 1 is 1.46 bits per heavy atom. The molecule has 0 radical (unpaired) electrons. The van der Waals surface area contributed by atoms with Crippen molar-refractivity contribution in [3.8, 4) is 5.75 Å². The molecule has 1 aromatic carbocycles. The van der Waals surface area contributed by atoms with Gasteiger partial charge in [0.2, 0.25) is 11.1 Å². The van der Waals surface area contributed by atoms with Crippen molar-refractivity contribution < 1.29 is 9.53 Å². The second-order valence-corrected chi connectivity index (χ2v) is 6.42. The van der Waals surface area contributed by atoms with Gasteiger partial charge in [-0.3, -0.25) is 4.79 Å². The lowest BCUT2D eigenvalue weighted by molar-refractivity contribution is -0.113. The third-order valence-electron chi connectivity index (χ3n) is 3.61. The third-order valence-corrected chi connectivity index (χ3v) is 4.33. The summed E-state index contributed by atoms with van der Waals surface area (Å²) >= 11 is 1.57. The molecule has 0 saturated heterocycles. The van der Waals surface area contributed by atoms with Crippen LogP contribution in [0.15, 0.2) is 40.7 Å². The Balaban J connectivity index is 1.79. The number of rotatable bonds is 5. The van der Waals surface area contributed by atoms with Crippen LogP contribution in [0.2, 0.25) is 0 Å². The quantitative estimate of drug-likeness (QED) is 0.811. The van der Waals surface area contributed by atoms with Gasteiger partial charge in [-0.2, -0.15) is 4.98 Å². The lowest BCUT2D eigenvalue weighted by atomic mass is 10.1. The summed E-state index contributed by atoms with van der Waals surface area (Å²) in [6.07, 6.45) is 0. The number of hydrogen-bond acceptors (Lipinski definition) is 6. The normalized spacial score (nSPS) is 13.3. The molecule has 0 saturated carbocycles. The summed E-state index contributed by atoms with van der Waals surface area (Å²) in [5.74, 6) is 2.00. The van der Waals surface area contributed by atoms with Gasteiger partial charge in [-0.05, 0) is 24.8 Å². The van der Waals surface area contributed by atoms with Crippen molar-refractivity contribution in [2.45, 2.75) is 25.5 Å². The number of allylic oxidation sites excluding steroid dienone is 1. The van der Waals surface area contributed by atoms with E-state index in [2.05, 4.69) is 20.7 Å². The topological polar surface area (TPSA) is 81.1 Å². The maximum atomic E-state index is 12.7. The fourth-order valence-corrected chi connectivity index (χ4v) is 2.98. The smallest absolute Gasteiger partial charge is 0.255 e. The monoisotopic (exact) mass is 345 g/mol. The molecule has 1 amide bonds. The lowest BCUT2D eigenvalue weighted by Crippen LogP contribution is -2.26. The maximum absolute atomic E-state index is 12.7. The number of thioether (sulfide) groups is 1. The van der Waals surface area contributed by atoms with Gasteiger partial charge in [0.25, 0.3) is 5.91 Å². The number of aromatic nitrogens is 3. The summed E-state index contributed by atoms with van der Waals surface area (Å²) in [6, 6.07) is 7.32. The third kappa shape index (κ3) is 3.23. The van der Waals surface area contributed by atoms with Crippen LogP contribution in [0.1, 0.15) is 13.8 Å². The second-order valence-electron chi connectivity index (χ2n) is 5.19. The average Bonchev–Trinajstić information content (AvgIpc) is 2.96. The maximum Gasteiger partial charge on any atom is 0.255 e. The van der Waals surface area contributed by atoms with Crippen LogP contribution in [0.3, 0.4) is 0 Å². The number of methoxy groups -OCH3 is 1. The molecule has 1 aliphatic rings.